The van der Waals surface area contributed by atoms with Crippen molar-refractivity contribution in [1.82, 2.24) is 0 Å². The Bertz CT molecular complexity index is 131. The molecule has 0 heteroatoms. The van der Waals surface area contributed by atoms with E-state index in [1.165, 1.54) is 6.42 Å². The summed E-state index contributed by atoms with van der Waals surface area (Å²) in [6, 6.07) is 0. The summed E-state index contributed by atoms with van der Waals surface area (Å²) in [5.74, 6) is 5.40. The molecule has 0 N–H and O–H groups in total. The van der Waals surface area contributed by atoms with Gasteiger partial charge in [0.25, 0.3) is 0 Å². The Kier molecular flexibility index (Phi) is 1.33. The Morgan fingerprint density at radius 2 is 1.60 bits per heavy atom. The van der Waals surface area contributed by atoms with Crippen LogP contribution in [0, 0.1) is 29.6 Å². The van der Waals surface area contributed by atoms with Crippen molar-refractivity contribution in [3.8, 4) is 0 Å². The highest BCUT2D eigenvalue weighted by molar-refractivity contribution is 4.96. The van der Waals surface area contributed by atoms with E-state index in [1.54, 1.807) is 6.42 Å². The van der Waals surface area contributed by atoms with E-state index < -0.39 is 0 Å². The van der Waals surface area contributed by atoms with E-state index in [1.807, 2.05) is 0 Å². The van der Waals surface area contributed by atoms with Crippen LogP contribution in [-0.2, 0) is 0 Å². The van der Waals surface area contributed by atoms with Crippen LogP contribution in [0.25, 0.3) is 0 Å². The molecule has 0 aliphatic heterocycles. The molecule has 2 fully saturated rings. The first-order chi connectivity index (χ1) is 4.70. The first-order valence-electron chi connectivity index (χ1n) is 4.70. The molecule has 0 saturated heterocycles. The number of rotatable bonds is 2. The second kappa shape index (κ2) is 1.99. The van der Waals surface area contributed by atoms with Gasteiger partial charge in [-0.1, -0.05) is 20.8 Å². The zero-order valence-corrected chi connectivity index (χ0v) is 7.30. The van der Waals surface area contributed by atoms with Crippen LogP contribution in [0.3, 0.4) is 0 Å². The van der Waals surface area contributed by atoms with Crippen molar-refractivity contribution < 1.29 is 0 Å². The summed E-state index contributed by atoms with van der Waals surface area (Å²) in [6.45, 7) is 7.20. The average molecular weight is 138 g/mol. The maximum Gasteiger partial charge on any atom is -0.0355 e. The summed E-state index contributed by atoms with van der Waals surface area (Å²) in [7, 11) is 0. The van der Waals surface area contributed by atoms with Crippen LogP contribution in [0.2, 0.25) is 0 Å². The van der Waals surface area contributed by atoms with Gasteiger partial charge >= 0.3 is 0 Å². The SMILES string of the molecule is CC1CC1CC1C(C)C1C. The van der Waals surface area contributed by atoms with Crippen LogP contribution in [0.4, 0.5) is 0 Å². The third-order valence-corrected chi connectivity index (χ3v) is 3.89. The summed E-state index contributed by atoms with van der Waals surface area (Å²) in [5.41, 5.74) is 0. The van der Waals surface area contributed by atoms with Gasteiger partial charge in [-0.2, -0.15) is 0 Å². The van der Waals surface area contributed by atoms with Crippen LogP contribution in [0.15, 0.2) is 0 Å². The molecular formula is C10H18. The van der Waals surface area contributed by atoms with Crippen LogP contribution in [0.5, 0.6) is 0 Å². The van der Waals surface area contributed by atoms with E-state index in [0.29, 0.717) is 0 Å². The lowest BCUT2D eigenvalue weighted by molar-refractivity contribution is 0.572. The lowest BCUT2D eigenvalue weighted by Crippen LogP contribution is -1.84. The predicted octanol–water partition coefficient (Wildman–Crippen LogP) is 2.93. The molecule has 0 aromatic carbocycles. The fourth-order valence-electron chi connectivity index (χ4n) is 2.27. The van der Waals surface area contributed by atoms with E-state index in [4.69, 9.17) is 0 Å². The van der Waals surface area contributed by atoms with Gasteiger partial charge in [-0.05, 0) is 42.4 Å². The molecule has 0 spiro atoms. The molecule has 4 atom stereocenters. The second-order valence-corrected chi connectivity index (χ2v) is 4.59. The van der Waals surface area contributed by atoms with Crippen molar-refractivity contribution in [1.29, 1.82) is 0 Å². The number of hydrogen-bond donors (Lipinski definition) is 0. The highest BCUT2D eigenvalue weighted by atomic mass is 14.5. The summed E-state index contributed by atoms with van der Waals surface area (Å²) in [4.78, 5) is 0. The minimum absolute atomic E-state index is 1.05. The fourth-order valence-corrected chi connectivity index (χ4v) is 2.27. The summed E-state index contributed by atoms with van der Waals surface area (Å²) < 4.78 is 0. The van der Waals surface area contributed by atoms with Crippen molar-refractivity contribution in [3.63, 3.8) is 0 Å². The van der Waals surface area contributed by atoms with E-state index >= 15 is 0 Å². The molecule has 2 aliphatic carbocycles. The monoisotopic (exact) mass is 138 g/mol. The summed E-state index contributed by atoms with van der Waals surface area (Å²) >= 11 is 0. The molecule has 4 unspecified atom stereocenters. The minimum Gasteiger partial charge on any atom is -0.0622 e. The second-order valence-electron chi connectivity index (χ2n) is 4.59. The molecule has 0 aromatic rings. The molecule has 58 valence electrons. The third kappa shape index (κ3) is 0.980. The van der Waals surface area contributed by atoms with E-state index in [0.717, 1.165) is 29.6 Å². The topological polar surface area (TPSA) is 0 Å². The third-order valence-electron chi connectivity index (χ3n) is 3.89. The van der Waals surface area contributed by atoms with Crippen molar-refractivity contribution in [2.45, 2.75) is 33.6 Å². The Labute approximate surface area is 64.0 Å². The average Bonchev–Trinajstić information content (AvgIpc) is 2.70. The zero-order chi connectivity index (χ0) is 7.30. The van der Waals surface area contributed by atoms with Gasteiger partial charge in [0.1, 0.15) is 0 Å². The first kappa shape index (κ1) is 6.69. The molecule has 0 nitrogen and oxygen atoms in total. The maximum atomic E-state index is 2.41. The zero-order valence-electron chi connectivity index (χ0n) is 7.30. The van der Waals surface area contributed by atoms with Crippen LogP contribution < -0.4 is 0 Å². The van der Waals surface area contributed by atoms with Crippen LogP contribution in [-0.4, -0.2) is 0 Å². The largest absolute Gasteiger partial charge is 0.0622 e. The van der Waals surface area contributed by atoms with Crippen molar-refractivity contribution in [3.05, 3.63) is 0 Å². The van der Waals surface area contributed by atoms with E-state index in [-0.39, 0.29) is 0 Å². The smallest absolute Gasteiger partial charge is 0.0355 e. The molecule has 0 radical (unpaired) electrons. The van der Waals surface area contributed by atoms with Gasteiger partial charge in [-0.3, -0.25) is 0 Å². The van der Waals surface area contributed by atoms with E-state index in [2.05, 4.69) is 20.8 Å². The summed E-state index contributed by atoms with van der Waals surface area (Å²) in [6.07, 6.45) is 3.07. The van der Waals surface area contributed by atoms with Gasteiger partial charge in [0, 0.05) is 0 Å². The molecule has 0 aromatic heterocycles. The van der Waals surface area contributed by atoms with Crippen LogP contribution >= 0.6 is 0 Å². The quantitative estimate of drug-likeness (QED) is 0.550. The Morgan fingerprint density at radius 3 is 1.90 bits per heavy atom. The normalized spacial score (nSPS) is 58.5. The van der Waals surface area contributed by atoms with Gasteiger partial charge in [-0.25, -0.2) is 0 Å². The standard InChI is InChI=1S/C10H18/c1-6-4-9(6)5-10-7(2)8(10)3/h6-10H,4-5H2,1-3H3. The van der Waals surface area contributed by atoms with Gasteiger partial charge in [0.2, 0.25) is 0 Å². The van der Waals surface area contributed by atoms with Gasteiger partial charge in [-0.15, -0.1) is 0 Å². The maximum absolute atomic E-state index is 2.41. The molecular weight excluding hydrogens is 120 g/mol. The molecule has 2 aliphatic rings. The van der Waals surface area contributed by atoms with Gasteiger partial charge in [0.15, 0.2) is 0 Å². The first-order valence-corrected chi connectivity index (χ1v) is 4.70. The van der Waals surface area contributed by atoms with Crippen molar-refractivity contribution in [2.24, 2.45) is 29.6 Å². The lowest BCUT2D eigenvalue weighted by Gasteiger charge is -1.93. The number of hydrogen-bond acceptors (Lipinski definition) is 0. The Hall–Kier alpha value is 0. The van der Waals surface area contributed by atoms with E-state index in [9.17, 15) is 0 Å². The Balaban J connectivity index is 1.73. The Morgan fingerprint density at radius 1 is 1.10 bits per heavy atom. The minimum atomic E-state index is 1.05. The fraction of sp³-hybridized carbons (Fsp3) is 1.00. The van der Waals surface area contributed by atoms with Gasteiger partial charge in [0.05, 0.1) is 0 Å². The molecule has 10 heavy (non-hydrogen) atoms. The highest BCUT2D eigenvalue weighted by Gasteiger charge is 2.47. The van der Waals surface area contributed by atoms with Gasteiger partial charge < -0.3 is 0 Å². The highest BCUT2D eigenvalue weighted by Crippen LogP contribution is 2.54. The molecule has 0 bridgehead atoms. The van der Waals surface area contributed by atoms with Crippen molar-refractivity contribution in [2.75, 3.05) is 0 Å². The summed E-state index contributed by atoms with van der Waals surface area (Å²) in [5, 5.41) is 0. The molecule has 0 amide bonds. The van der Waals surface area contributed by atoms with Crippen molar-refractivity contribution >= 4 is 0 Å². The molecule has 2 saturated carbocycles. The van der Waals surface area contributed by atoms with Crippen LogP contribution in [0.1, 0.15) is 33.6 Å². The molecule has 2 rings (SSSR count). The molecule has 0 heterocycles. The lowest BCUT2D eigenvalue weighted by atomic mass is 10.1. The predicted molar refractivity (Wildman–Crippen MR) is 43.7 cm³/mol.